The molecule has 118 valence electrons. The molecule has 0 aliphatic rings. The van der Waals surface area contributed by atoms with Crippen molar-refractivity contribution >= 4 is 6.02 Å². The Morgan fingerprint density at radius 1 is 1.33 bits per heavy atom. The van der Waals surface area contributed by atoms with Gasteiger partial charge < -0.3 is 10.5 Å². The summed E-state index contributed by atoms with van der Waals surface area (Å²) < 4.78 is 47.4. The van der Waals surface area contributed by atoms with Crippen molar-refractivity contribution in [2.75, 3.05) is 13.2 Å². The maximum Gasteiger partial charge on any atom is 0.281 e. The topological polar surface area (TPSA) is 47.6 Å². The lowest BCUT2D eigenvalue weighted by Gasteiger charge is -2.27. The van der Waals surface area contributed by atoms with Gasteiger partial charge in [0.15, 0.2) is 0 Å². The molecule has 21 heavy (non-hydrogen) atoms. The van der Waals surface area contributed by atoms with E-state index >= 15 is 0 Å². The SMILES string of the molecule is CCCC(F)(F)[C@@H](COC(N)=NCC)c1ccccc1F. The summed E-state index contributed by atoms with van der Waals surface area (Å²) in [5.41, 5.74) is 5.39. The zero-order valence-electron chi connectivity index (χ0n) is 12.3. The minimum atomic E-state index is -3.08. The van der Waals surface area contributed by atoms with Crippen LogP contribution in [0.5, 0.6) is 0 Å². The third kappa shape index (κ3) is 4.95. The van der Waals surface area contributed by atoms with Crippen molar-refractivity contribution in [1.29, 1.82) is 0 Å². The number of nitrogens with zero attached hydrogens (tertiary/aromatic N) is 1. The highest BCUT2D eigenvalue weighted by Gasteiger charge is 2.41. The quantitative estimate of drug-likeness (QED) is 0.617. The lowest BCUT2D eigenvalue weighted by Crippen LogP contribution is -2.32. The van der Waals surface area contributed by atoms with Crippen molar-refractivity contribution in [3.05, 3.63) is 35.6 Å². The second kappa shape index (κ2) is 7.90. The molecule has 0 saturated carbocycles. The Hall–Kier alpha value is -1.72. The maximum atomic E-state index is 14.3. The zero-order chi connectivity index (χ0) is 15.9. The summed E-state index contributed by atoms with van der Waals surface area (Å²) in [6, 6.07) is 5.33. The summed E-state index contributed by atoms with van der Waals surface area (Å²) in [4.78, 5) is 3.77. The van der Waals surface area contributed by atoms with Gasteiger partial charge in [-0.3, -0.25) is 0 Å². The summed E-state index contributed by atoms with van der Waals surface area (Å²) in [6.45, 7) is 3.38. The van der Waals surface area contributed by atoms with Gasteiger partial charge >= 0.3 is 0 Å². The highest BCUT2D eigenvalue weighted by Crippen LogP contribution is 2.38. The van der Waals surface area contributed by atoms with Crippen LogP contribution >= 0.6 is 0 Å². The number of nitrogens with two attached hydrogens (primary N) is 1. The minimum Gasteiger partial charge on any atom is -0.465 e. The molecule has 0 bridgehead atoms. The van der Waals surface area contributed by atoms with Crippen LogP contribution in [-0.4, -0.2) is 25.1 Å². The molecule has 0 unspecified atom stereocenters. The fourth-order valence-corrected chi connectivity index (χ4v) is 2.07. The van der Waals surface area contributed by atoms with Gasteiger partial charge in [-0.15, -0.1) is 0 Å². The number of hydrogen-bond acceptors (Lipinski definition) is 2. The van der Waals surface area contributed by atoms with Crippen LogP contribution in [0.25, 0.3) is 0 Å². The number of alkyl halides is 2. The molecule has 1 aromatic carbocycles. The normalized spacial score (nSPS) is 14.0. The van der Waals surface area contributed by atoms with E-state index < -0.39 is 24.3 Å². The van der Waals surface area contributed by atoms with Crippen molar-refractivity contribution in [2.45, 2.75) is 38.5 Å². The first-order valence-electron chi connectivity index (χ1n) is 6.97. The van der Waals surface area contributed by atoms with E-state index in [2.05, 4.69) is 4.99 Å². The number of hydrogen-bond donors (Lipinski definition) is 1. The molecule has 3 nitrogen and oxygen atoms in total. The van der Waals surface area contributed by atoms with Gasteiger partial charge in [0.1, 0.15) is 12.4 Å². The molecule has 0 heterocycles. The predicted molar refractivity (Wildman–Crippen MR) is 77.1 cm³/mol. The second-order valence-electron chi connectivity index (χ2n) is 4.71. The molecule has 1 rings (SSSR count). The maximum absolute atomic E-state index is 14.3. The Morgan fingerprint density at radius 2 is 2.00 bits per heavy atom. The first-order valence-corrected chi connectivity index (χ1v) is 6.97. The average Bonchev–Trinajstić information content (AvgIpc) is 2.41. The van der Waals surface area contributed by atoms with Crippen molar-refractivity contribution in [3.8, 4) is 0 Å². The van der Waals surface area contributed by atoms with E-state index in [4.69, 9.17) is 10.5 Å². The van der Waals surface area contributed by atoms with Crippen molar-refractivity contribution < 1.29 is 17.9 Å². The molecular formula is C15H21F3N2O. The summed E-state index contributed by atoms with van der Waals surface area (Å²) in [6.07, 6.45) is -0.0589. The van der Waals surface area contributed by atoms with E-state index in [9.17, 15) is 13.2 Å². The molecule has 0 aromatic heterocycles. The van der Waals surface area contributed by atoms with Gasteiger partial charge in [0.2, 0.25) is 0 Å². The first-order chi connectivity index (χ1) is 9.92. The molecular weight excluding hydrogens is 281 g/mol. The molecule has 0 aliphatic heterocycles. The number of benzene rings is 1. The summed E-state index contributed by atoms with van der Waals surface area (Å²) >= 11 is 0. The van der Waals surface area contributed by atoms with E-state index in [1.54, 1.807) is 13.8 Å². The van der Waals surface area contributed by atoms with Crippen molar-refractivity contribution in [1.82, 2.24) is 0 Å². The van der Waals surface area contributed by atoms with Crippen molar-refractivity contribution in [2.24, 2.45) is 10.7 Å². The van der Waals surface area contributed by atoms with Crippen LogP contribution in [0.3, 0.4) is 0 Å². The fraction of sp³-hybridized carbons (Fsp3) is 0.533. The Kier molecular flexibility index (Phi) is 6.52. The van der Waals surface area contributed by atoms with Crippen LogP contribution < -0.4 is 5.73 Å². The smallest absolute Gasteiger partial charge is 0.281 e. The molecule has 1 aromatic rings. The third-order valence-corrected chi connectivity index (χ3v) is 3.09. The second-order valence-corrected chi connectivity index (χ2v) is 4.71. The molecule has 0 aliphatic carbocycles. The van der Waals surface area contributed by atoms with E-state index in [1.807, 2.05) is 0 Å². The van der Waals surface area contributed by atoms with Crippen LogP contribution in [0.2, 0.25) is 0 Å². The highest BCUT2D eigenvalue weighted by atomic mass is 19.3. The molecule has 0 saturated heterocycles. The Labute approximate surface area is 123 Å². The van der Waals surface area contributed by atoms with Gasteiger partial charge in [0, 0.05) is 18.5 Å². The summed E-state index contributed by atoms with van der Waals surface area (Å²) in [5, 5.41) is 0. The van der Waals surface area contributed by atoms with Crippen LogP contribution in [0.4, 0.5) is 13.2 Å². The Balaban J connectivity index is 3.01. The average molecular weight is 302 g/mol. The first kappa shape index (κ1) is 17.3. The van der Waals surface area contributed by atoms with Gasteiger partial charge in [0.05, 0.1) is 5.92 Å². The van der Waals surface area contributed by atoms with Gasteiger partial charge in [-0.1, -0.05) is 31.5 Å². The van der Waals surface area contributed by atoms with Gasteiger partial charge in [-0.25, -0.2) is 18.2 Å². The molecule has 0 radical (unpaired) electrons. The van der Waals surface area contributed by atoms with E-state index in [1.165, 1.54) is 18.2 Å². The molecule has 0 spiro atoms. The van der Waals surface area contributed by atoms with E-state index in [-0.39, 0.29) is 24.4 Å². The minimum absolute atomic E-state index is 0.0692. The number of amidine groups is 1. The number of rotatable bonds is 7. The van der Waals surface area contributed by atoms with Crippen molar-refractivity contribution in [3.63, 3.8) is 0 Å². The Bertz CT molecular complexity index is 478. The van der Waals surface area contributed by atoms with Crippen LogP contribution in [-0.2, 0) is 4.74 Å². The predicted octanol–water partition coefficient (Wildman–Crippen LogP) is 3.70. The van der Waals surface area contributed by atoms with Gasteiger partial charge in [-0.2, -0.15) is 0 Å². The molecule has 6 heteroatoms. The molecule has 1 atom stereocenters. The highest BCUT2D eigenvalue weighted by molar-refractivity contribution is 5.71. The number of halogens is 3. The fourth-order valence-electron chi connectivity index (χ4n) is 2.07. The number of aliphatic imine (C=N–C) groups is 1. The molecule has 0 fully saturated rings. The monoisotopic (exact) mass is 302 g/mol. The van der Waals surface area contributed by atoms with E-state index in [0.29, 0.717) is 6.54 Å². The van der Waals surface area contributed by atoms with Crippen LogP contribution in [0.15, 0.2) is 29.3 Å². The van der Waals surface area contributed by atoms with Gasteiger partial charge in [0.25, 0.3) is 11.9 Å². The standard InChI is InChI=1S/C15H21F3N2O/c1-3-9-15(17,18)12(10-21-14(19)20-4-2)11-7-5-6-8-13(11)16/h5-8,12H,3-4,9-10H2,1-2H3,(H2,19,20)/t12-/m0/s1. The number of ether oxygens (including phenoxy) is 1. The zero-order valence-corrected chi connectivity index (χ0v) is 12.3. The van der Waals surface area contributed by atoms with Crippen LogP contribution in [0, 0.1) is 5.82 Å². The lowest BCUT2D eigenvalue weighted by molar-refractivity contribution is -0.0505. The van der Waals surface area contributed by atoms with Crippen LogP contribution in [0.1, 0.15) is 38.2 Å². The summed E-state index contributed by atoms with van der Waals surface area (Å²) in [7, 11) is 0. The largest absolute Gasteiger partial charge is 0.465 e. The van der Waals surface area contributed by atoms with Gasteiger partial charge in [-0.05, 0) is 13.0 Å². The molecule has 2 N–H and O–H groups in total. The summed E-state index contributed by atoms with van der Waals surface area (Å²) in [5.74, 6) is -5.15. The Morgan fingerprint density at radius 3 is 2.57 bits per heavy atom. The molecule has 0 amide bonds. The third-order valence-electron chi connectivity index (χ3n) is 3.09. The lowest BCUT2D eigenvalue weighted by atomic mass is 9.90. The van der Waals surface area contributed by atoms with E-state index in [0.717, 1.165) is 6.07 Å².